The van der Waals surface area contributed by atoms with Gasteiger partial charge in [0.1, 0.15) is 0 Å². The van der Waals surface area contributed by atoms with Crippen LogP contribution in [0.5, 0.6) is 0 Å². The van der Waals surface area contributed by atoms with Gasteiger partial charge < -0.3 is 15.2 Å². The van der Waals surface area contributed by atoms with Gasteiger partial charge in [-0.05, 0) is 26.0 Å². The first-order valence-corrected chi connectivity index (χ1v) is 5.75. The van der Waals surface area contributed by atoms with Crippen LogP contribution in [0.25, 0.3) is 0 Å². The normalized spacial score (nSPS) is 12.7. The summed E-state index contributed by atoms with van der Waals surface area (Å²) in [5, 5.41) is 0.642. The van der Waals surface area contributed by atoms with Gasteiger partial charge in [0, 0.05) is 22.9 Å². The number of rotatable bonds is 6. The summed E-state index contributed by atoms with van der Waals surface area (Å²) >= 11 is 6.03. The number of hydrogen-bond donors (Lipinski definition) is 1. The monoisotopic (exact) mass is 243 g/mol. The molecule has 0 aliphatic carbocycles. The summed E-state index contributed by atoms with van der Waals surface area (Å²) in [4.78, 5) is 0. The number of nitrogen functional groups attached to an aromatic ring is 1. The average Bonchev–Trinajstić information content (AvgIpc) is 2.25. The summed E-state index contributed by atoms with van der Waals surface area (Å²) in [7, 11) is 0. The van der Waals surface area contributed by atoms with E-state index >= 15 is 0 Å². The van der Waals surface area contributed by atoms with E-state index in [1.54, 1.807) is 0 Å². The van der Waals surface area contributed by atoms with E-state index in [1.807, 2.05) is 32.0 Å². The molecule has 0 bridgehead atoms. The van der Waals surface area contributed by atoms with Gasteiger partial charge in [0.25, 0.3) is 0 Å². The van der Waals surface area contributed by atoms with Crippen molar-refractivity contribution in [2.24, 2.45) is 0 Å². The third-order valence-corrected chi connectivity index (χ3v) is 2.58. The van der Waals surface area contributed by atoms with Gasteiger partial charge >= 0.3 is 0 Å². The number of benzene rings is 1. The molecule has 1 unspecified atom stereocenters. The Kier molecular flexibility index (Phi) is 5.60. The highest BCUT2D eigenvalue weighted by atomic mass is 35.5. The van der Waals surface area contributed by atoms with Crippen molar-refractivity contribution in [2.45, 2.75) is 26.6 Å². The van der Waals surface area contributed by atoms with Crippen molar-refractivity contribution >= 4 is 17.3 Å². The number of anilines is 1. The minimum absolute atomic E-state index is 0.0376. The van der Waals surface area contributed by atoms with Gasteiger partial charge in [0.2, 0.25) is 0 Å². The van der Waals surface area contributed by atoms with Gasteiger partial charge in [-0.1, -0.05) is 17.7 Å². The molecule has 2 N–H and O–H groups in total. The van der Waals surface area contributed by atoms with E-state index in [0.717, 1.165) is 5.56 Å². The van der Waals surface area contributed by atoms with Crippen molar-refractivity contribution < 1.29 is 9.47 Å². The molecule has 1 atom stereocenters. The van der Waals surface area contributed by atoms with Gasteiger partial charge in [0.15, 0.2) is 0 Å². The fraction of sp³-hybridized carbons (Fsp3) is 0.500. The Morgan fingerprint density at radius 3 is 2.81 bits per heavy atom. The third-order valence-electron chi connectivity index (χ3n) is 2.22. The Hall–Kier alpha value is -0.770. The number of nitrogens with two attached hydrogens (primary N) is 1. The highest BCUT2D eigenvalue weighted by Gasteiger charge is 2.07. The summed E-state index contributed by atoms with van der Waals surface area (Å²) in [6.45, 7) is 5.62. The highest BCUT2D eigenvalue weighted by Crippen LogP contribution is 2.23. The van der Waals surface area contributed by atoms with Crippen LogP contribution in [0, 0.1) is 0 Å². The van der Waals surface area contributed by atoms with Crippen LogP contribution in [0.1, 0.15) is 19.4 Å². The summed E-state index contributed by atoms with van der Waals surface area (Å²) in [6.07, 6.45) is 0.0376. The molecule has 1 rings (SSSR count). The number of hydrogen-bond acceptors (Lipinski definition) is 3. The molecule has 4 heteroatoms. The van der Waals surface area contributed by atoms with E-state index in [2.05, 4.69) is 0 Å². The van der Waals surface area contributed by atoms with Gasteiger partial charge in [-0.3, -0.25) is 0 Å². The van der Waals surface area contributed by atoms with Crippen LogP contribution in [-0.4, -0.2) is 19.3 Å². The van der Waals surface area contributed by atoms with Crippen molar-refractivity contribution in [1.82, 2.24) is 0 Å². The lowest BCUT2D eigenvalue weighted by Crippen LogP contribution is -2.16. The van der Waals surface area contributed by atoms with E-state index < -0.39 is 0 Å². The highest BCUT2D eigenvalue weighted by molar-refractivity contribution is 6.31. The standard InChI is InChI=1S/C12H18ClNO2/c1-3-15-7-9(2)16-8-10-11(13)5-4-6-12(10)14/h4-6,9H,3,7-8,14H2,1-2H3. The quantitative estimate of drug-likeness (QED) is 0.782. The average molecular weight is 244 g/mol. The smallest absolute Gasteiger partial charge is 0.0785 e. The molecule has 0 radical (unpaired) electrons. The SMILES string of the molecule is CCOCC(C)OCc1c(N)cccc1Cl. The molecule has 0 saturated carbocycles. The molecule has 0 saturated heterocycles. The second kappa shape index (κ2) is 6.74. The molecule has 1 aromatic carbocycles. The third kappa shape index (κ3) is 4.00. The van der Waals surface area contributed by atoms with Crippen molar-refractivity contribution in [2.75, 3.05) is 18.9 Å². The zero-order valence-electron chi connectivity index (χ0n) is 9.70. The molecule has 1 aromatic rings. The molecule has 0 aliphatic heterocycles. The molecule has 0 fully saturated rings. The largest absolute Gasteiger partial charge is 0.398 e. The second-order valence-corrected chi connectivity index (χ2v) is 4.00. The van der Waals surface area contributed by atoms with Crippen LogP contribution in [0.4, 0.5) is 5.69 Å². The summed E-state index contributed by atoms with van der Waals surface area (Å²) in [5.41, 5.74) is 7.32. The molecule has 0 spiro atoms. The predicted molar refractivity (Wildman–Crippen MR) is 66.6 cm³/mol. The van der Waals surface area contributed by atoms with E-state index in [0.29, 0.717) is 30.5 Å². The van der Waals surface area contributed by atoms with Crippen LogP contribution in [0.15, 0.2) is 18.2 Å². The Morgan fingerprint density at radius 1 is 1.44 bits per heavy atom. The molecule has 90 valence electrons. The first kappa shape index (κ1) is 13.3. The Balaban J connectivity index is 2.48. The van der Waals surface area contributed by atoms with Crippen molar-refractivity contribution in [3.05, 3.63) is 28.8 Å². The zero-order valence-corrected chi connectivity index (χ0v) is 10.5. The molecule has 0 aliphatic rings. The lowest BCUT2D eigenvalue weighted by Gasteiger charge is -2.14. The van der Waals surface area contributed by atoms with Gasteiger partial charge in [-0.2, -0.15) is 0 Å². The van der Waals surface area contributed by atoms with Crippen LogP contribution in [0.3, 0.4) is 0 Å². The molecular weight excluding hydrogens is 226 g/mol. The summed E-state index contributed by atoms with van der Waals surface area (Å²) in [5.74, 6) is 0. The maximum Gasteiger partial charge on any atom is 0.0785 e. The van der Waals surface area contributed by atoms with Crippen LogP contribution >= 0.6 is 11.6 Å². The summed E-state index contributed by atoms with van der Waals surface area (Å²) in [6, 6.07) is 5.45. The van der Waals surface area contributed by atoms with E-state index in [1.165, 1.54) is 0 Å². The molecule has 16 heavy (non-hydrogen) atoms. The van der Waals surface area contributed by atoms with Gasteiger partial charge in [-0.25, -0.2) is 0 Å². The first-order chi connectivity index (χ1) is 7.65. The fourth-order valence-electron chi connectivity index (χ4n) is 1.29. The van der Waals surface area contributed by atoms with Crippen LogP contribution in [0.2, 0.25) is 5.02 Å². The number of ether oxygens (including phenoxy) is 2. The second-order valence-electron chi connectivity index (χ2n) is 3.59. The van der Waals surface area contributed by atoms with Crippen LogP contribution in [-0.2, 0) is 16.1 Å². The lowest BCUT2D eigenvalue weighted by molar-refractivity contribution is -0.0114. The van der Waals surface area contributed by atoms with Crippen molar-refractivity contribution in [3.8, 4) is 0 Å². The maximum atomic E-state index is 6.03. The minimum atomic E-state index is 0.0376. The molecule has 0 aromatic heterocycles. The molecule has 0 heterocycles. The zero-order chi connectivity index (χ0) is 12.0. The minimum Gasteiger partial charge on any atom is -0.398 e. The Bertz CT molecular complexity index is 311. The van der Waals surface area contributed by atoms with E-state index in [4.69, 9.17) is 26.8 Å². The Morgan fingerprint density at radius 2 is 2.19 bits per heavy atom. The predicted octanol–water partition coefficient (Wildman–Crippen LogP) is 2.86. The molecule has 3 nitrogen and oxygen atoms in total. The van der Waals surface area contributed by atoms with Crippen molar-refractivity contribution in [1.29, 1.82) is 0 Å². The van der Waals surface area contributed by atoms with Crippen LogP contribution < -0.4 is 5.73 Å². The van der Waals surface area contributed by atoms with E-state index in [9.17, 15) is 0 Å². The van der Waals surface area contributed by atoms with Crippen molar-refractivity contribution in [3.63, 3.8) is 0 Å². The fourth-order valence-corrected chi connectivity index (χ4v) is 1.52. The summed E-state index contributed by atoms with van der Waals surface area (Å²) < 4.78 is 10.9. The van der Waals surface area contributed by atoms with E-state index in [-0.39, 0.29) is 6.10 Å². The Labute approximate surface area is 101 Å². The number of halogens is 1. The van der Waals surface area contributed by atoms with Gasteiger partial charge in [0.05, 0.1) is 19.3 Å². The molecular formula is C12H18ClNO2. The molecule has 0 amide bonds. The maximum absolute atomic E-state index is 6.03. The topological polar surface area (TPSA) is 44.5 Å². The lowest BCUT2D eigenvalue weighted by atomic mass is 10.2. The van der Waals surface area contributed by atoms with Gasteiger partial charge in [-0.15, -0.1) is 0 Å². The first-order valence-electron chi connectivity index (χ1n) is 5.37.